The van der Waals surface area contributed by atoms with Gasteiger partial charge in [0.1, 0.15) is 11.6 Å². The normalized spacial score (nSPS) is 12.7. The molecule has 1 amide bonds. The zero-order valence-electron chi connectivity index (χ0n) is 9.33. The summed E-state index contributed by atoms with van der Waals surface area (Å²) >= 11 is 1.44. The molecule has 3 heterocycles. The summed E-state index contributed by atoms with van der Waals surface area (Å²) in [7, 11) is 0. The van der Waals surface area contributed by atoms with Gasteiger partial charge in [0.05, 0.1) is 11.2 Å². The van der Waals surface area contributed by atoms with Crippen molar-refractivity contribution >= 4 is 28.3 Å². The number of hydrogen-bond acceptors (Lipinski definition) is 4. The Labute approximate surface area is 107 Å². The van der Waals surface area contributed by atoms with Crippen LogP contribution < -0.4 is 5.73 Å². The van der Waals surface area contributed by atoms with Crippen molar-refractivity contribution in [2.75, 3.05) is 0 Å². The minimum Gasteiger partial charge on any atom is -0.369 e. The number of nitrogens with one attached hydrogen (secondary N) is 1. The van der Waals surface area contributed by atoms with Gasteiger partial charge in [-0.15, -0.1) is 11.3 Å². The molecule has 6 heteroatoms. The molecule has 0 saturated heterocycles. The van der Waals surface area contributed by atoms with Crippen LogP contribution in [0.25, 0.3) is 11.0 Å². The summed E-state index contributed by atoms with van der Waals surface area (Å²) in [6, 6.07) is 5.67. The first-order valence-corrected chi connectivity index (χ1v) is 6.31. The van der Waals surface area contributed by atoms with Gasteiger partial charge in [0.15, 0.2) is 0 Å². The van der Waals surface area contributed by atoms with E-state index in [4.69, 9.17) is 5.73 Å². The fourth-order valence-electron chi connectivity index (χ4n) is 1.96. The van der Waals surface area contributed by atoms with Gasteiger partial charge < -0.3 is 10.7 Å². The van der Waals surface area contributed by atoms with E-state index in [0.717, 1.165) is 16.7 Å². The monoisotopic (exact) mass is 258 g/mol. The topological polar surface area (TPSA) is 84.7 Å². The summed E-state index contributed by atoms with van der Waals surface area (Å²) < 4.78 is 0. The van der Waals surface area contributed by atoms with Crippen molar-refractivity contribution in [3.8, 4) is 0 Å². The van der Waals surface area contributed by atoms with Crippen molar-refractivity contribution in [3.05, 3.63) is 46.7 Å². The van der Waals surface area contributed by atoms with E-state index in [-0.39, 0.29) is 0 Å². The number of carbonyl (C=O) groups excluding carboxylic acids is 1. The van der Waals surface area contributed by atoms with Crippen LogP contribution in [0.2, 0.25) is 0 Å². The van der Waals surface area contributed by atoms with Crippen LogP contribution in [-0.2, 0) is 4.79 Å². The van der Waals surface area contributed by atoms with Gasteiger partial charge in [0.25, 0.3) is 0 Å². The Morgan fingerprint density at radius 2 is 2.33 bits per heavy atom. The molecule has 0 aliphatic rings. The van der Waals surface area contributed by atoms with E-state index in [0.29, 0.717) is 5.69 Å². The molecule has 0 saturated carbocycles. The number of carbonyl (C=O) groups is 1. The first-order chi connectivity index (χ1) is 8.75. The second-order valence-electron chi connectivity index (χ2n) is 3.91. The smallest absolute Gasteiger partial charge is 0.232 e. The quantitative estimate of drug-likeness (QED) is 0.749. The number of thiazole rings is 1. The molecule has 0 aliphatic carbocycles. The number of fused-ring (bicyclic) bond motifs is 1. The van der Waals surface area contributed by atoms with Gasteiger partial charge in [0, 0.05) is 22.7 Å². The lowest BCUT2D eigenvalue weighted by molar-refractivity contribution is -0.118. The molecule has 0 fully saturated rings. The Balaban J connectivity index is 2.13. The van der Waals surface area contributed by atoms with E-state index in [9.17, 15) is 4.79 Å². The predicted molar refractivity (Wildman–Crippen MR) is 69.2 cm³/mol. The van der Waals surface area contributed by atoms with Crippen molar-refractivity contribution in [2.45, 2.75) is 5.92 Å². The van der Waals surface area contributed by atoms with Crippen LogP contribution in [0.5, 0.6) is 0 Å². The molecule has 18 heavy (non-hydrogen) atoms. The third-order valence-corrected chi connectivity index (χ3v) is 3.36. The minimum atomic E-state index is -0.551. The van der Waals surface area contributed by atoms with Crippen LogP contribution in [0.15, 0.2) is 35.3 Å². The molecule has 0 bridgehead atoms. The molecule has 0 aromatic carbocycles. The molecule has 5 nitrogen and oxygen atoms in total. The van der Waals surface area contributed by atoms with Crippen molar-refractivity contribution in [1.29, 1.82) is 0 Å². The van der Waals surface area contributed by atoms with E-state index in [1.54, 1.807) is 11.7 Å². The number of aromatic nitrogens is 3. The lowest BCUT2D eigenvalue weighted by atomic mass is 10.0. The van der Waals surface area contributed by atoms with Gasteiger partial charge in [-0.1, -0.05) is 0 Å². The molecular weight excluding hydrogens is 248 g/mol. The zero-order chi connectivity index (χ0) is 12.5. The highest BCUT2D eigenvalue weighted by molar-refractivity contribution is 7.07. The number of amides is 1. The largest absolute Gasteiger partial charge is 0.369 e. The highest BCUT2D eigenvalue weighted by Crippen LogP contribution is 2.26. The van der Waals surface area contributed by atoms with Crippen molar-refractivity contribution in [2.24, 2.45) is 5.73 Å². The van der Waals surface area contributed by atoms with Gasteiger partial charge in [-0.2, -0.15) is 0 Å². The molecule has 3 aromatic heterocycles. The SMILES string of the molecule is NC(=O)C(c1cscn1)c1cc2cccnc2[nH]1. The lowest BCUT2D eigenvalue weighted by Crippen LogP contribution is -2.22. The number of H-pyrrole nitrogens is 1. The molecular formula is C12H10N4OS. The van der Waals surface area contributed by atoms with Gasteiger partial charge in [-0.3, -0.25) is 4.79 Å². The lowest BCUT2D eigenvalue weighted by Gasteiger charge is -2.08. The zero-order valence-corrected chi connectivity index (χ0v) is 10.1. The second kappa shape index (κ2) is 4.23. The van der Waals surface area contributed by atoms with Crippen LogP contribution in [0.1, 0.15) is 17.3 Å². The number of aromatic amines is 1. The standard InChI is InChI=1S/C12H10N4OS/c13-11(17)10(9-5-18-6-15-9)8-4-7-2-1-3-14-12(7)16-8/h1-6,10H,(H2,13,17)(H,14,16). The summed E-state index contributed by atoms with van der Waals surface area (Å²) in [5.41, 5.74) is 9.29. The molecule has 1 unspecified atom stereocenters. The number of rotatable bonds is 3. The van der Waals surface area contributed by atoms with Gasteiger partial charge in [-0.05, 0) is 18.2 Å². The highest BCUT2D eigenvalue weighted by Gasteiger charge is 2.24. The summed E-state index contributed by atoms with van der Waals surface area (Å²) in [5, 5.41) is 2.78. The third kappa shape index (κ3) is 1.76. The van der Waals surface area contributed by atoms with E-state index >= 15 is 0 Å². The molecule has 0 spiro atoms. The number of nitrogens with zero attached hydrogens (tertiary/aromatic N) is 2. The van der Waals surface area contributed by atoms with E-state index in [1.165, 1.54) is 11.3 Å². The van der Waals surface area contributed by atoms with E-state index in [2.05, 4.69) is 15.0 Å². The Hall–Kier alpha value is -2.21. The maximum Gasteiger partial charge on any atom is 0.232 e. The van der Waals surface area contributed by atoms with Crippen LogP contribution in [0.3, 0.4) is 0 Å². The first-order valence-electron chi connectivity index (χ1n) is 5.37. The average Bonchev–Trinajstić information content (AvgIpc) is 2.97. The van der Waals surface area contributed by atoms with Crippen LogP contribution in [0.4, 0.5) is 0 Å². The van der Waals surface area contributed by atoms with Crippen LogP contribution in [-0.4, -0.2) is 20.9 Å². The van der Waals surface area contributed by atoms with Gasteiger partial charge in [-0.25, -0.2) is 9.97 Å². The number of pyridine rings is 1. The molecule has 0 radical (unpaired) electrons. The van der Waals surface area contributed by atoms with Crippen molar-refractivity contribution in [3.63, 3.8) is 0 Å². The summed E-state index contributed by atoms with van der Waals surface area (Å²) in [6.07, 6.45) is 1.70. The average molecular weight is 258 g/mol. The van der Waals surface area contributed by atoms with Gasteiger partial charge >= 0.3 is 0 Å². The predicted octanol–water partition coefficient (Wildman–Crippen LogP) is 1.64. The Kier molecular flexibility index (Phi) is 2.56. The number of hydrogen-bond donors (Lipinski definition) is 2. The highest BCUT2D eigenvalue weighted by atomic mass is 32.1. The fourth-order valence-corrected chi connectivity index (χ4v) is 2.54. The number of primary amides is 1. The van der Waals surface area contributed by atoms with Crippen LogP contribution in [0, 0.1) is 0 Å². The molecule has 3 aromatic rings. The molecule has 0 aliphatic heterocycles. The maximum absolute atomic E-state index is 11.6. The van der Waals surface area contributed by atoms with Gasteiger partial charge in [0.2, 0.25) is 5.91 Å². The second-order valence-corrected chi connectivity index (χ2v) is 4.63. The summed E-state index contributed by atoms with van der Waals surface area (Å²) in [5.74, 6) is -0.974. The Morgan fingerprint density at radius 1 is 1.44 bits per heavy atom. The summed E-state index contributed by atoms with van der Waals surface area (Å²) in [4.78, 5) is 23.1. The molecule has 3 N–H and O–H groups in total. The van der Waals surface area contributed by atoms with Crippen molar-refractivity contribution < 1.29 is 4.79 Å². The summed E-state index contributed by atoms with van der Waals surface area (Å²) in [6.45, 7) is 0. The first kappa shape index (κ1) is 10.9. The van der Waals surface area contributed by atoms with E-state index < -0.39 is 11.8 Å². The maximum atomic E-state index is 11.6. The molecule has 3 rings (SSSR count). The Morgan fingerprint density at radius 3 is 3.00 bits per heavy atom. The van der Waals surface area contributed by atoms with E-state index in [1.807, 2.05) is 23.6 Å². The molecule has 1 atom stereocenters. The Bertz CT molecular complexity index is 656. The van der Waals surface area contributed by atoms with Crippen LogP contribution >= 0.6 is 11.3 Å². The number of nitrogens with two attached hydrogens (primary N) is 1. The minimum absolute atomic E-state index is 0.424. The van der Waals surface area contributed by atoms with Crippen molar-refractivity contribution in [1.82, 2.24) is 15.0 Å². The third-order valence-electron chi connectivity index (χ3n) is 2.76. The molecule has 90 valence electrons. The fraction of sp³-hybridized carbons (Fsp3) is 0.0833.